The highest BCUT2D eigenvalue weighted by atomic mass is 32.2. The number of imidazole rings is 1. The molecule has 0 aliphatic heterocycles. The summed E-state index contributed by atoms with van der Waals surface area (Å²) in [6.07, 6.45) is 4.38. The summed E-state index contributed by atoms with van der Waals surface area (Å²) in [5, 5.41) is 7.24. The van der Waals surface area contributed by atoms with Crippen LogP contribution in [0.2, 0.25) is 0 Å². The zero-order valence-electron chi connectivity index (χ0n) is 19.5. The van der Waals surface area contributed by atoms with Gasteiger partial charge < -0.3 is 9.88 Å². The third-order valence-electron chi connectivity index (χ3n) is 5.79. The number of carbonyl (C=O) groups is 1. The van der Waals surface area contributed by atoms with E-state index in [4.69, 9.17) is 0 Å². The van der Waals surface area contributed by atoms with E-state index >= 15 is 0 Å². The number of hydrogen-bond acceptors (Lipinski definition) is 5. The van der Waals surface area contributed by atoms with Crippen LogP contribution in [0, 0.1) is 0 Å². The fourth-order valence-corrected chi connectivity index (χ4v) is 4.71. The number of sulfonamides is 1. The first kappa shape index (κ1) is 23.7. The molecule has 10 heteroatoms. The molecule has 2 aromatic carbocycles. The number of hydrogen-bond donors (Lipinski definition) is 1. The van der Waals surface area contributed by atoms with Crippen LogP contribution in [-0.2, 0) is 41.4 Å². The van der Waals surface area contributed by atoms with E-state index in [1.54, 1.807) is 24.4 Å². The number of benzene rings is 2. The van der Waals surface area contributed by atoms with Gasteiger partial charge in [-0.15, -0.1) is 0 Å². The van der Waals surface area contributed by atoms with Crippen molar-refractivity contribution in [3.8, 4) is 0 Å². The quantitative estimate of drug-likeness (QED) is 0.396. The molecular formula is C24H28N6O3S. The Labute approximate surface area is 199 Å². The van der Waals surface area contributed by atoms with Gasteiger partial charge in [0.15, 0.2) is 0 Å². The summed E-state index contributed by atoms with van der Waals surface area (Å²) in [6, 6.07) is 14.8. The lowest BCUT2D eigenvalue weighted by atomic mass is 10.1. The summed E-state index contributed by atoms with van der Waals surface area (Å²) in [7, 11) is 1.33. The first-order chi connectivity index (χ1) is 16.3. The van der Waals surface area contributed by atoms with Gasteiger partial charge in [0, 0.05) is 52.9 Å². The molecule has 0 aliphatic carbocycles. The van der Waals surface area contributed by atoms with Gasteiger partial charge in [-0.1, -0.05) is 24.3 Å². The van der Waals surface area contributed by atoms with Crippen molar-refractivity contribution in [2.45, 2.75) is 30.8 Å². The SMILES string of the molecule is CN(C)S(=O)(=O)c1ccc2c(c1)nc(CCC(=O)NCc1ccccc1Cn1cccn1)n2C. The van der Waals surface area contributed by atoms with Crippen LogP contribution in [0.3, 0.4) is 0 Å². The average Bonchev–Trinajstić information content (AvgIpc) is 3.44. The van der Waals surface area contributed by atoms with Crippen LogP contribution in [0.1, 0.15) is 23.4 Å². The van der Waals surface area contributed by atoms with Gasteiger partial charge in [-0.05, 0) is 35.4 Å². The van der Waals surface area contributed by atoms with Gasteiger partial charge in [0.1, 0.15) is 5.82 Å². The Morgan fingerprint density at radius 2 is 1.85 bits per heavy atom. The van der Waals surface area contributed by atoms with Gasteiger partial charge in [0.2, 0.25) is 15.9 Å². The predicted molar refractivity (Wildman–Crippen MR) is 130 cm³/mol. The molecule has 4 aromatic rings. The number of amides is 1. The van der Waals surface area contributed by atoms with E-state index in [1.165, 1.54) is 18.4 Å². The van der Waals surface area contributed by atoms with Crippen LogP contribution in [0.15, 0.2) is 65.8 Å². The molecule has 178 valence electrons. The van der Waals surface area contributed by atoms with Gasteiger partial charge in [0.05, 0.1) is 22.5 Å². The summed E-state index contributed by atoms with van der Waals surface area (Å²) in [6.45, 7) is 1.08. The Hall–Kier alpha value is -3.50. The molecule has 0 fully saturated rings. The van der Waals surface area contributed by atoms with Gasteiger partial charge in [-0.25, -0.2) is 17.7 Å². The molecular weight excluding hydrogens is 452 g/mol. The molecule has 0 spiro atoms. The molecule has 0 saturated carbocycles. The van der Waals surface area contributed by atoms with Crippen LogP contribution in [-0.4, -0.2) is 52.1 Å². The Morgan fingerprint density at radius 1 is 1.09 bits per heavy atom. The second-order valence-corrected chi connectivity index (χ2v) is 10.4. The Balaban J connectivity index is 1.40. The molecule has 0 saturated heterocycles. The molecule has 2 heterocycles. The first-order valence-electron chi connectivity index (χ1n) is 10.9. The van der Waals surface area contributed by atoms with Crippen LogP contribution < -0.4 is 5.32 Å². The lowest BCUT2D eigenvalue weighted by Crippen LogP contribution is -2.24. The molecule has 2 aromatic heterocycles. The predicted octanol–water partition coefficient (Wildman–Crippen LogP) is 2.32. The van der Waals surface area contributed by atoms with Crippen molar-refractivity contribution in [3.63, 3.8) is 0 Å². The third-order valence-corrected chi connectivity index (χ3v) is 7.60. The van der Waals surface area contributed by atoms with Gasteiger partial charge in [-0.2, -0.15) is 5.10 Å². The largest absolute Gasteiger partial charge is 0.352 e. The van der Waals surface area contributed by atoms with Gasteiger partial charge >= 0.3 is 0 Å². The molecule has 0 atom stereocenters. The highest BCUT2D eigenvalue weighted by molar-refractivity contribution is 7.89. The smallest absolute Gasteiger partial charge is 0.242 e. The molecule has 4 rings (SSSR count). The van der Waals surface area contributed by atoms with E-state index in [0.29, 0.717) is 25.0 Å². The molecule has 0 aliphatic rings. The number of fused-ring (bicyclic) bond motifs is 1. The van der Waals surface area contributed by atoms with E-state index in [-0.39, 0.29) is 17.2 Å². The van der Waals surface area contributed by atoms with Crippen molar-refractivity contribution < 1.29 is 13.2 Å². The average molecular weight is 481 g/mol. The third kappa shape index (κ3) is 5.02. The Bertz CT molecular complexity index is 1410. The molecule has 1 amide bonds. The fraction of sp³-hybridized carbons (Fsp3) is 0.292. The van der Waals surface area contributed by atoms with Crippen LogP contribution in [0.5, 0.6) is 0 Å². The normalized spacial score (nSPS) is 11.9. The van der Waals surface area contributed by atoms with Crippen molar-refractivity contribution in [1.29, 1.82) is 0 Å². The number of nitrogens with zero attached hydrogens (tertiary/aromatic N) is 5. The summed E-state index contributed by atoms with van der Waals surface area (Å²) in [4.78, 5) is 17.3. The van der Waals surface area contributed by atoms with E-state index in [9.17, 15) is 13.2 Å². The molecule has 0 bridgehead atoms. The number of rotatable bonds is 9. The summed E-state index contributed by atoms with van der Waals surface area (Å²) in [5.41, 5.74) is 3.56. The standard InChI is InChI=1S/C24H28N6O3S/c1-28(2)34(32,33)20-9-10-22-21(15-20)27-23(29(22)3)11-12-24(31)25-16-18-7-4-5-8-19(18)17-30-14-6-13-26-30/h4-10,13-15H,11-12,16-17H2,1-3H3,(H,25,31). The van der Waals surface area contributed by atoms with E-state index in [2.05, 4.69) is 15.4 Å². The van der Waals surface area contributed by atoms with Crippen LogP contribution >= 0.6 is 0 Å². The van der Waals surface area contributed by atoms with E-state index < -0.39 is 10.0 Å². The van der Waals surface area contributed by atoms with Crippen LogP contribution in [0.4, 0.5) is 0 Å². The topological polar surface area (TPSA) is 102 Å². The summed E-state index contributed by atoms with van der Waals surface area (Å²) < 4.78 is 29.8. The molecule has 1 N–H and O–H groups in total. The van der Waals surface area contributed by atoms with Crippen LogP contribution in [0.25, 0.3) is 11.0 Å². The van der Waals surface area contributed by atoms with Crippen molar-refractivity contribution in [2.75, 3.05) is 14.1 Å². The van der Waals surface area contributed by atoms with Crippen molar-refractivity contribution in [2.24, 2.45) is 7.05 Å². The lowest BCUT2D eigenvalue weighted by Gasteiger charge is -2.11. The number of aromatic nitrogens is 4. The molecule has 0 radical (unpaired) electrons. The summed E-state index contributed by atoms with van der Waals surface area (Å²) in [5.74, 6) is 0.653. The van der Waals surface area contributed by atoms with Gasteiger partial charge in [0.25, 0.3) is 0 Å². The highest BCUT2D eigenvalue weighted by Crippen LogP contribution is 2.22. The van der Waals surface area contributed by atoms with E-state index in [0.717, 1.165) is 22.5 Å². The molecule has 34 heavy (non-hydrogen) atoms. The fourth-order valence-electron chi connectivity index (χ4n) is 3.78. The lowest BCUT2D eigenvalue weighted by molar-refractivity contribution is -0.121. The molecule has 0 unspecified atom stereocenters. The first-order valence-corrected chi connectivity index (χ1v) is 12.4. The minimum atomic E-state index is -3.54. The monoisotopic (exact) mass is 480 g/mol. The highest BCUT2D eigenvalue weighted by Gasteiger charge is 2.19. The summed E-state index contributed by atoms with van der Waals surface area (Å²) >= 11 is 0. The zero-order chi connectivity index (χ0) is 24.3. The number of carbonyl (C=O) groups excluding carboxylic acids is 1. The number of nitrogens with one attached hydrogen (secondary N) is 1. The maximum absolute atomic E-state index is 12.6. The second kappa shape index (κ2) is 9.78. The minimum Gasteiger partial charge on any atom is -0.352 e. The Kier molecular flexibility index (Phi) is 6.80. The maximum atomic E-state index is 12.6. The molecule has 9 nitrogen and oxygen atoms in total. The minimum absolute atomic E-state index is 0.0724. The van der Waals surface area contributed by atoms with E-state index in [1.807, 2.05) is 52.8 Å². The van der Waals surface area contributed by atoms with Crippen molar-refractivity contribution in [3.05, 3.63) is 77.9 Å². The maximum Gasteiger partial charge on any atom is 0.242 e. The van der Waals surface area contributed by atoms with Gasteiger partial charge in [-0.3, -0.25) is 9.48 Å². The Morgan fingerprint density at radius 3 is 2.56 bits per heavy atom. The zero-order valence-corrected chi connectivity index (χ0v) is 20.3. The van der Waals surface area contributed by atoms with Crippen molar-refractivity contribution in [1.82, 2.24) is 29.0 Å². The number of aryl methyl sites for hydroxylation is 2. The van der Waals surface area contributed by atoms with Crippen molar-refractivity contribution >= 4 is 27.0 Å². The second-order valence-electron chi connectivity index (χ2n) is 8.27.